The predicted octanol–water partition coefficient (Wildman–Crippen LogP) is 3.48. The van der Waals surface area contributed by atoms with Crippen LogP contribution in [0.25, 0.3) is 6.08 Å². The Labute approximate surface area is 190 Å². The van der Waals surface area contributed by atoms with Crippen molar-refractivity contribution in [3.8, 4) is 0 Å². The number of benzene rings is 1. The molecule has 0 atom stereocenters. The number of amides is 3. The van der Waals surface area contributed by atoms with Gasteiger partial charge in [0.2, 0.25) is 0 Å². The molecule has 8 nitrogen and oxygen atoms in total. The number of hydrogen-bond donors (Lipinski definition) is 1. The summed E-state index contributed by atoms with van der Waals surface area (Å²) in [6.07, 6.45) is 3.43. The van der Waals surface area contributed by atoms with Gasteiger partial charge in [0.15, 0.2) is 5.17 Å². The van der Waals surface area contributed by atoms with E-state index in [-0.39, 0.29) is 0 Å². The first-order valence-corrected chi connectivity index (χ1v) is 11.4. The molecule has 1 aromatic carbocycles. The topological polar surface area (TPSA) is 81.1 Å². The molecule has 1 aliphatic heterocycles. The van der Waals surface area contributed by atoms with Gasteiger partial charge >= 0.3 is 6.03 Å². The maximum absolute atomic E-state index is 13.1. The Morgan fingerprint density at radius 3 is 2.68 bits per heavy atom. The van der Waals surface area contributed by atoms with E-state index >= 15 is 0 Å². The van der Waals surface area contributed by atoms with Gasteiger partial charge in [-0.2, -0.15) is 0 Å². The first-order chi connectivity index (χ1) is 14.7. The fraction of sp³-hybridized carbons (Fsp3) is 0.333. The minimum absolute atomic E-state index is 0.325. The van der Waals surface area contributed by atoms with E-state index in [0.717, 1.165) is 33.1 Å². The third-order valence-electron chi connectivity index (χ3n) is 4.47. The third kappa shape index (κ3) is 6.01. The molecule has 2 aromatic rings. The number of likely N-dealkylation sites (N-methyl/N-ethyl adjacent to an activating group) is 2. The average molecular weight is 459 g/mol. The number of urea groups is 1. The number of aromatic nitrogens is 1. The Bertz CT molecular complexity index is 1020. The molecule has 1 saturated heterocycles. The molecule has 0 aliphatic carbocycles. The number of carbonyl (C=O) groups is 2. The SMILES string of the molecule is Cc1ccc(N=C2SC(=Cc3cncs3)C(=O)N2C(=O)NN(C)CCN(C)C)c(C)c1. The summed E-state index contributed by atoms with van der Waals surface area (Å²) in [5, 5.41) is 1.99. The molecule has 31 heavy (non-hydrogen) atoms. The van der Waals surface area contributed by atoms with E-state index < -0.39 is 11.9 Å². The summed E-state index contributed by atoms with van der Waals surface area (Å²) < 4.78 is 0. The fourth-order valence-corrected chi connectivity index (χ4v) is 4.39. The summed E-state index contributed by atoms with van der Waals surface area (Å²) >= 11 is 2.61. The number of imide groups is 1. The third-order valence-corrected chi connectivity index (χ3v) is 6.16. The number of rotatable bonds is 6. The van der Waals surface area contributed by atoms with Gasteiger partial charge in [-0.1, -0.05) is 17.7 Å². The predicted molar refractivity (Wildman–Crippen MR) is 127 cm³/mol. The number of carbonyl (C=O) groups excluding carboxylic acids is 2. The van der Waals surface area contributed by atoms with Gasteiger partial charge in [-0.15, -0.1) is 11.3 Å². The summed E-state index contributed by atoms with van der Waals surface area (Å²) in [4.78, 5) is 39.2. The van der Waals surface area contributed by atoms with Gasteiger partial charge in [0.25, 0.3) is 5.91 Å². The summed E-state index contributed by atoms with van der Waals surface area (Å²) in [5.41, 5.74) is 7.29. The number of aryl methyl sites for hydroxylation is 2. The van der Waals surface area contributed by atoms with Crippen LogP contribution in [-0.2, 0) is 4.79 Å². The molecule has 2 heterocycles. The molecule has 1 fully saturated rings. The zero-order valence-corrected chi connectivity index (χ0v) is 19.9. The summed E-state index contributed by atoms with van der Waals surface area (Å²) in [5.74, 6) is -0.402. The molecule has 1 aliphatic rings. The molecule has 0 saturated carbocycles. The molecule has 10 heteroatoms. The number of thioether (sulfide) groups is 1. The maximum Gasteiger partial charge on any atom is 0.345 e. The zero-order chi connectivity index (χ0) is 22.5. The van der Waals surface area contributed by atoms with Crippen LogP contribution in [0.4, 0.5) is 10.5 Å². The molecule has 164 valence electrons. The second-order valence-corrected chi connectivity index (χ2v) is 9.41. The molecule has 0 bridgehead atoms. The molecular formula is C21H26N6O2S2. The second kappa shape index (κ2) is 10.2. The number of hydrogen-bond acceptors (Lipinski definition) is 8. The first-order valence-electron chi connectivity index (χ1n) is 9.69. The number of amidine groups is 1. The molecule has 1 aromatic heterocycles. The first kappa shape index (κ1) is 23.1. The van der Waals surface area contributed by atoms with Gasteiger partial charge < -0.3 is 4.90 Å². The van der Waals surface area contributed by atoms with E-state index in [0.29, 0.717) is 16.6 Å². The monoisotopic (exact) mass is 458 g/mol. The van der Waals surface area contributed by atoms with Crippen LogP contribution in [0.15, 0.2) is 39.8 Å². The van der Waals surface area contributed by atoms with Crippen LogP contribution in [0, 0.1) is 13.8 Å². The lowest BCUT2D eigenvalue weighted by molar-refractivity contribution is -0.120. The molecule has 3 rings (SSSR count). The van der Waals surface area contributed by atoms with E-state index in [1.807, 2.05) is 51.0 Å². The second-order valence-electron chi connectivity index (χ2n) is 7.48. The quantitative estimate of drug-likeness (QED) is 0.527. The zero-order valence-electron chi connectivity index (χ0n) is 18.2. The van der Waals surface area contributed by atoms with E-state index in [1.165, 1.54) is 23.1 Å². The Hall–Kier alpha value is -2.53. The molecule has 1 N–H and O–H groups in total. The van der Waals surface area contributed by atoms with E-state index in [4.69, 9.17) is 0 Å². The lowest BCUT2D eigenvalue weighted by Crippen LogP contribution is -2.50. The minimum atomic E-state index is -0.532. The highest BCUT2D eigenvalue weighted by molar-refractivity contribution is 8.18. The van der Waals surface area contributed by atoms with Crippen molar-refractivity contribution < 1.29 is 9.59 Å². The van der Waals surface area contributed by atoms with Crippen molar-refractivity contribution >= 4 is 52.0 Å². The van der Waals surface area contributed by atoms with Crippen molar-refractivity contribution in [3.05, 3.63) is 50.8 Å². The summed E-state index contributed by atoms with van der Waals surface area (Å²) in [7, 11) is 5.69. The summed E-state index contributed by atoms with van der Waals surface area (Å²) in [6, 6.07) is 5.35. The molecule has 0 unspecified atom stereocenters. The van der Waals surface area contributed by atoms with Gasteiger partial charge in [0.1, 0.15) is 0 Å². The number of nitrogens with zero attached hydrogens (tertiary/aromatic N) is 5. The van der Waals surface area contributed by atoms with Crippen molar-refractivity contribution in [2.45, 2.75) is 13.8 Å². The van der Waals surface area contributed by atoms with Crippen LogP contribution >= 0.6 is 23.1 Å². The fourth-order valence-electron chi connectivity index (χ4n) is 2.81. The van der Waals surface area contributed by atoms with Gasteiger partial charge in [0.05, 0.1) is 16.1 Å². The molecule has 0 spiro atoms. The van der Waals surface area contributed by atoms with Crippen molar-refractivity contribution in [1.82, 2.24) is 25.2 Å². The van der Waals surface area contributed by atoms with Crippen LogP contribution in [0.5, 0.6) is 0 Å². The van der Waals surface area contributed by atoms with Crippen LogP contribution in [-0.4, -0.2) is 71.1 Å². The lowest BCUT2D eigenvalue weighted by Gasteiger charge is -2.23. The number of thiazole rings is 1. The van der Waals surface area contributed by atoms with E-state index in [1.54, 1.807) is 29.8 Å². The van der Waals surface area contributed by atoms with Gasteiger partial charge in [-0.25, -0.2) is 19.7 Å². The molecule has 3 amide bonds. The van der Waals surface area contributed by atoms with Crippen LogP contribution in [0.1, 0.15) is 16.0 Å². The van der Waals surface area contributed by atoms with E-state index in [2.05, 4.69) is 15.4 Å². The van der Waals surface area contributed by atoms with Crippen LogP contribution in [0.3, 0.4) is 0 Å². The normalized spacial score (nSPS) is 16.9. The van der Waals surface area contributed by atoms with Gasteiger partial charge in [0, 0.05) is 31.2 Å². The van der Waals surface area contributed by atoms with Gasteiger partial charge in [-0.05, 0) is 57.4 Å². The average Bonchev–Trinajstić information content (AvgIpc) is 3.31. The van der Waals surface area contributed by atoms with Crippen molar-refractivity contribution in [3.63, 3.8) is 0 Å². The van der Waals surface area contributed by atoms with Gasteiger partial charge in [-0.3, -0.25) is 15.2 Å². The Kier molecular flexibility index (Phi) is 7.60. The number of hydrazine groups is 1. The Morgan fingerprint density at radius 2 is 2.03 bits per heavy atom. The highest BCUT2D eigenvalue weighted by atomic mass is 32.2. The number of nitrogens with one attached hydrogen (secondary N) is 1. The number of aliphatic imine (C=N–C) groups is 1. The summed E-state index contributed by atoms with van der Waals surface area (Å²) in [6.45, 7) is 5.35. The Morgan fingerprint density at radius 1 is 1.26 bits per heavy atom. The Balaban J connectivity index is 1.90. The standard InChI is InChI=1S/C21H26N6O2S2/c1-14-6-7-17(15(2)10-14)23-21-27(20(29)24-26(5)9-8-25(3)4)19(28)18(31-21)11-16-12-22-13-30-16/h6-7,10-13H,8-9H2,1-5H3,(H,24,29). The highest BCUT2D eigenvalue weighted by Gasteiger charge is 2.38. The lowest BCUT2D eigenvalue weighted by atomic mass is 10.1. The van der Waals surface area contributed by atoms with Crippen molar-refractivity contribution in [1.29, 1.82) is 0 Å². The van der Waals surface area contributed by atoms with Crippen molar-refractivity contribution in [2.24, 2.45) is 4.99 Å². The largest absolute Gasteiger partial charge is 0.345 e. The van der Waals surface area contributed by atoms with E-state index in [9.17, 15) is 9.59 Å². The smallest absolute Gasteiger partial charge is 0.308 e. The van der Waals surface area contributed by atoms with Crippen molar-refractivity contribution in [2.75, 3.05) is 34.2 Å². The maximum atomic E-state index is 13.1. The van der Waals surface area contributed by atoms with Crippen LogP contribution < -0.4 is 5.43 Å². The molecule has 0 radical (unpaired) electrons. The highest BCUT2D eigenvalue weighted by Crippen LogP contribution is 2.35. The van der Waals surface area contributed by atoms with Crippen LogP contribution in [0.2, 0.25) is 0 Å². The minimum Gasteiger partial charge on any atom is -0.308 e. The molecular weight excluding hydrogens is 432 g/mol.